The van der Waals surface area contributed by atoms with E-state index >= 15 is 0 Å². The van der Waals surface area contributed by atoms with Gasteiger partial charge in [-0.3, -0.25) is 4.79 Å². The number of carbonyl (C=O) groups is 1. The minimum Gasteiger partial charge on any atom is -0.392 e. The molecule has 1 amide bonds. The van der Waals surface area contributed by atoms with Crippen LogP contribution < -0.4 is 4.90 Å². The Morgan fingerprint density at radius 3 is 2.24 bits per heavy atom. The summed E-state index contributed by atoms with van der Waals surface area (Å²) in [5.41, 5.74) is 2.87. The number of fused-ring (bicyclic) bond motifs is 2. The van der Waals surface area contributed by atoms with Crippen LogP contribution >= 0.6 is 11.6 Å². The standard InChI is InChI=1S/C31H33ClFN3O4S/c32-29-16-24(33)7-11-28(29)31(38)34-18-25-8-9-26(19-34)36(25)30-17-27(10-6-23(30)20-37)41(39,40)35-14-12-22(13-15-35)21-4-2-1-3-5-21/h1-7,10-11,16-17,22,25-26,37H,8-9,12-15,18-20H2/t25-,26+. The van der Waals surface area contributed by atoms with Gasteiger partial charge in [-0.15, -0.1) is 0 Å². The molecule has 3 aliphatic heterocycles. The van der Waals surface area contributed by atoms with Gasteiger partial charge in [0, 0.05) is 49.5 Å². The third-order valence-electron chi connectivity index (χ3n) is 8.80. The molecule has 3 heterocycles. The predicted molar refractivity (Wildman–Crippen MR) is 156 cm³/mol. The van der Waals surface area contributed by atoms with Gasteiger partial charge in [0.15, 0.2) is 0 Å². The molecule has 0 unspecified atom stereocenters. The van der Waals surface area contributed by atoms with Gasteiger partial charge in [-0.2, -0.15) is 4.31 Å². The average Bonchev–Trinajstić information content (AvgIpc) is 3.25. The highest BCUT2D eigenvalue weighted by Crippen LogP contribution is 2.39. The van der Waals surface area contributed by atoms with Gasteiger partial charge in [0.1, 0.15) is 5.82 Å². The first-order chi connectivity index (χ1) is 19.8. The van der Waals surface area contributed by atoms with Crippen molar-refractivity contribution in [2.24, 2.45) is 0 Å². The number of nitrogens with zero attached hydrogens (tertiary/aromatic N) is 3. The highest BCUT2D eigenvalue weighted by molar-refractivity contribution is 7.89. The lowest BCUT2D eigenvalue weighted by Gasteiger charge is -2.43. The molecule has 2 atom stereocenters. The topological polar surface area (TPSA) is 81.2 Å². The smallest absolute Gasteiger partial charge is 0.255 e. The van der Waals surface area contributed by atoms with E-state index in [1.54, 1.807) is 27.4 Å². The number of piperidine rings is 1. The second-order valence-electron chi connectivity index (χ2n) is 11.2. The van der Waals surface area contributed by atoms with Crippen LogP contribution in [-0.2, 0) is 16.6 Å². The van der Waals surface area contributed by atoms with Gasteiger partial charge in [-0.1, -0.05) is 48.0 Å². The molecule has 3 fully saturated rings. The molecule has 0 aromatic heterocycles. The van der Waals surface area contributed by atoms with Crippen LogP contribution in [0.25, 0.3) is 0 Å². The van der Waals surface area contributed by atoms with Crippen molar-refractivity contribution >= 4 is 33.2 Å². The number of hydrogen-bond acceptors (Lipinski definition) is 5. The van der Waals surface area contributed by atoms with E-state index in [-0.39, 0.29) is 40.1 Å². The predicted octanol–water partition coefficient (Wildman–Crippen LogP) is 5.03. The molecule has 3 saturated heterocycles. The summed E-state index contributed by atoms with van der Waals surface area (Å²) in [4.78, 5) is 17.4. The number of piperazine rings is 1. The molecule has 0 radical (unpaired) electrons. The second-order valence-corrected chi connectivity index (χ2v) is 13.5. The van der Waals surface area contributed by atoms with E-state index in [9.17, 15) is 22.7 Å². The van der Waals surface area contributed by atoms with Crippen molar-refractivity contribution in [1.29, 1.82) is 0 Å². The summed E-state index contributed by atoms with van der Waals surface area (Å²) in [7, 11) is -3.72. The van der Waals surface area contributed by atoms with E-state index in [1.807, 2.05) is 18.2 Å². The first kappa shape index (κ1) is 28.2. The lowest BCUT2D eigenvalue weighted by Crippen LogP contribution is -2.55. The number of benzene rings is 3. The highest BCUT2D eigenvalue weighted by atomic mass is 35.5. The fourth-order valence-electron chi connectivity index (χ4n) is 6.68. The van der Waals surface area contributed by atoms with E-state index in [1.165, 1.54) is 17.7 Å². The number of hydrogen-bond donors (Lipinski definition) is 1. The van der Waals surface area contributed by atoms with Crippen LogP contribution in [0.15, 0.2) is 71.6 Å². The van der Waals surface area contributed by atoms with E-state index in [2.05, 4.69) is 17.0 Å². The minimum atomic E-state index is -3.72. The Balaban J connectivity index is 1.21. The molecule has 0 saturated carbocycles. The van der Waals surface area contributed by atoms with Gasteiger partial charge in [0.05, 0.1) is 22.1 Å². The summed E-state index contributed by atoms with van der Waals surface area (Å²) in [6, 6.07) is 18.9. The van der Waals surface area contributed by atoms with Gasteiger partial charge >= 0.3 is 0 Å². The fourth-order valence-corrected chi connectivity index (χ4v) is 8.42. The van der Waals surface area contributed by atoms with Gasteiger partial charge < -0.3 is 14.9 Å². The molecule has 0 aliphatic carbocycles. The number of amides is 1. The number of aliphatic hydroxyl groups is 1. The quantitative estimate of drug-likeness (QED) is 0.431. The van der Waals surface area contributed by atoms with Crippen molar-refractivity contribution in [2.45, 2.75) is 55.2 Å². The Hall–Kier alpha value is -2.98. The van der Waals surface area contributed by atoms with Crippen molar-refractivity contribution < 1.29 is 22.7 Å². The number of rotatable bonds is 6. The van der Waals surface area contributed by atoms with Gasteiger partial charge in [0.2, 0.25) is 10.0 Å². The summed E-state index contributed by atoms with van der Waals surface area (Å²) >= 11 is 6.17. The fraction of sp³-hybridized carbons (Fsp3) is 0.387. The van der Waals surface area contributed by atoms with Crippen molar-refractivity contribution in [3.8, 4) is 0 Å². The maximum atomic E-state index is 13.8. The van der Waals surface area contributed by atoms with Crippen LogP contribution in [-0.4, -0.2) is 66.9 Å². The summed E-state index contributed by atoms with van der Waals surface area (Å²) in [6.45, 7) is 1.55. The van der Waals surface area contributed by atoms with Crippen LogP contribution in [0.3, 0.4) is 0 Å². The van der Waals surface area contributed by atoms with Crippen LogP contribution in [0.5, 0.6) is 0 Å². The lowest BCUT2D eigenvalue weighted by atomic mass is 9.90. The molecule has 0 spiro atoms. The molecular weight excluding hydrogens is 565 g/mol. The third kappa shape index (κ3) is 5.36. The second kappa shape index (κ2) is 11.4. The molecule has 41 heavy (non-hydrogen) atoms. The van der Waals surface area contributed by atoms with Crippen molar-refractivity contribution in [3.63, 3.8) is 0 Å². The van der Waals surface area contributed by atoms with E-state index in [0.717, 1.165) is 31.7 Å². The maximum Gasteiger partial charge on any atom is 0.255 e. The van der Waals surface area contributed by atoms with Crippen LogP contribution in [0.1, 0.15) is 53.1 Å². The monoisotopic (exact) mass is 597 g/mol. The Morgan fingerprint density at radius 1 is 0.927 bits per heavy atom. The van der Waals surface area contributed by atoms with Crippen LogP contribution in [0.2, 0.25) is 5.02 Å². The zero-order valence-corrected chi connectivity index (χ0v) is 24.2. The first-order valence-corrected chi connectivity index (χ1v) is 15.9. The molecule has 7 nitrogen and oxygen atoms in total. The largest absolute Gasteiger partial charge is 0.392 e. The zero-order chi connectivity index (χ0) is 28.7. The number of anilines is 1. The maximum absolute atomic E-state index is 13.8. The molecule has 216 valence electrons. The molecule has 3 aromatic rings. The van der Waals surface area contributed by atoms with Crippen LogP contribution in [0.4, 0.5) is 10.1 Å². The summed E-state index contributed by atoms with van der Waals surface area (Å²) < 4.78 is 42.6. The Labute approximate surface area is 245 Å². The summed E-state index contributed by atoms with van der Waals surface area (Å²) in [5.74, 6) is -0.401. The summed E-state index contributed by atoms with van der Waals surface area (Å²) in [5, 5.41) is 10.2. The Kier molecular flexibility index (Phi) is 7.80. The summed E-state index contributed by atoms with van der Waals surface area (Å²) in [6.07, 6.45) is 3.20. The third-order valence-corrected chi connectivity index (χ3v) is 11.0. The number of likely N-dealkylation sites (tertiary alicyclic amines) is 1. The van der Waals surface area contributed by atoms with E-state index in [4.69, 9.17) is 11.6 Å². The van der Waals surface area contributed by atoms with Crippen molar-refractivity contribution in [3.05, 3.63) is 94.3 Å². The van der Waals surface area contributed by atoms with Crippen molar-refractivity contribution in [1.82, 2.24) is 9.21 Å². The molecular formula is C31H33ClFN3O4S. The Morgan fingerprint density at radius 2 is 1.61 bits per heavy atom. The molecule has 1 N–H and O–H groups in total. The van der Waals surface area contributed by atoms with Crippen molar-refractivity contribution in [2.75, 3.05) is 31.1 Å². The Bertz CT molecular complexity index is 1530. The van der Waals surface area contributed by atoms with Gasteiger partial charge in [0.25, 0.3) is 5.91 Å². The lowest BCUT2D eigenvalue weighted by molar-refractivity contribution is 0.0717. The van der Waals surface area contributed by atoms with Gasteiger partial charge in [-0.25, -0.2) is 12.8 Å². The number of sulfonamides is 1. The van der Waals surface area contributed by atoms with Gasteiger partial charge in [-0.05, 0) is 67.5 Å². The molecule has 10 heteroatoms. The highest BCUT2D eigenvalue weighted by Gasteiger charge is 2.43. The number of halogens is 2. The van der Waals surface area contributed by atoms with E-state index in [0.29, 0.717) is 43.3 Å². The first-order valence-electron chi connectivity index (χ1n) is 14.1. The molecule has 2 bridgehead atoms. The number of carbonyl (C=O) groups excluding carboxylic acids is 1. The molecule has 6 rings (SSSR count). The molecule has 3 aromatic carbocycles. The SMILES string of the molecule is O=C(c1ccc(F)cc1Cl)N1C[C@H]2CC[C@@H](C1)N2c1cc(S(=O)(=O)N2CCC(c3ccccc3)CC2)ccc1CO. The molecule has 3 aliphatic rings. The minimum absolute atomic E-state index is 0.0400. The number of aliphatic hydroxyl groups excluding tert-OH is 1. The zero-order valence-electron chi connectivity index (χ0n) is 22.6. The normalized spacial score (nSPS) is 21.8. The van der Waals surface area contributed by atoms with Crippen LogP contribution in [0, 0.1) is 5.82 Å². The average molecular weight is 598 g/mol. The van der Waals surface area contributed by atoms with E-state index < -0.39 is 15.8 Å².